The molecule has 0 aromatic rings. The topological polar surface area (TPSA) is 237 Å². The van der Waals surface area contributed by atoms with Crippen LogP contribution in [0.1, 0.15) is 179 Å². The Hall–Kier alpha value is -0.720. The molecule has 0 aromatic carbocycles. The van der Waals surface area contributed by atoms with E-state index in [0.717, 1.165) is 44.6 Å². The molecule has 0 saturated carbocycles. The number of aliphatic hydroxyl groups is 6. The van der Waals surface area contributed by atoms with Crippen molar-refractivity contribution in [3.63, 3.8) is 0 Å². The fourth-order valence-electron chi connectivity index (χ4n) is 8.75. The van der Waals surface area contributed by atoms with Crippen molar-refractivity contribution in [3.05, 3.63) is 0 Å². The van der Waals surface area contributed by atoms with E-state index in [1.807, 2.05) is 14.0 Å². The number of likely N-dealkylation sites (N-methyl/N-ethyl adjacent to an activating group) is 1. The molecule has 0 aromatic heterocycles. The summed E-state index contributed by atoms with van der Waals surface area (Å²) >= 11 is 0. The zero-order valence-corrected chi connectivity index (χ0v) is 51.1. The Balaban J connectivity index is 0. The van der Waals surface area contributed by atoms with E-state index in [2.05, 4.69) is 130 Å². The fraction of sp³-hybridized carbons (Fsp3) is 1.00. The molecule has 6 aliphatic heterocycles. The van der Waals surface area contributed by atoms with Gasteiger partial charge in [0.15, 0.2) is 12.6 Å². The van der Waals surface area contributed by atoms with Gasteiger partial charge in [-0.2, -0.15) is 0 Å². The van der Waals surface area contributed by atoms with Crippen LogP contribution in [0.25, 0.3) is 0 Å². The van der Waals surface area contributed by atoms with Crippen molar-refractivity contribution < 1.29 is 49.6 Å². The summed E-state index contributed by atoms with van der Waals surface area (Å²) in [6.07, 6.45) is 18.1. The van der Waals surface area contributed by atoms with Gasteiger partial charge in [0.05, 0.1) is 59.0 Å². The molecule has 6 aliphatic rings. The third-order valence-electron chi connectivity index (χ3n) is 13.4. The molecule has 454 valence electrons. The summed E-state index contributed by atoms with van der Waals surface area (Å²) in [5.74, 6) is 0. The normalized spacial score (nSPS) is 23.1. The molecule has 0 radical (unpaired) electrons. The monoisotopic (exact) mass is 1080 g/mol. The number of hydrogen-bond acceptors (Lipinski definition) is 18. The second-order valence-corrected chi connectivity index (χ2v) is 24.3. The summed E-state index contributed by atoms with van der Waals surface area (Å²) in [7, 11) is 5.76. The van der Waals surface area contributed by atoms with Gasteiger partial charge in [0.25, 0.3) is 0 Å². The van der Waals surface area contributed by atoms with E-state index in [0.29, 0.717) is 44.6 Å². The van der Waals surface area contributed by atoms with Crippen LogP contribution in [0.3, 0.4) is 0 Å². The highest BCUT2D eigenvalue weighted by atomic mass is 16.6. The number of hydrogen-bond donors (Lipinski definition) is 12. The van der Waals surface area contributed by atoms with Crippen molar-refractivity contribution in [2.24, 2.45) is 0 Å². The van der Waals surface area contributed by atoms with Gasteiger partial charge in [0.2, 0.25) is 0 Å². The predicted molar refractivity (Wildman–Crippen MR) is 311 cm³/mol. The minimum absolute atomic E-state index is 0.0104. The maximum absolute atomic E-state index is 9.25. The molecular weight excluding hydrogens is 957 g/mol. The number of piperidine rings is 2. The minimum atomic E-state index is -1.36. The van der Waals surface area contributed by atoms with Crippen LogP contribution in [0.15, 0.2) is 0 Å². The van der Waals surface area contributed by atoms with E-state index in [4.69, 9.17) is 39.7 Å². The number of aliphatic hydroxyl groups excluding tert-OH is 5. The van der Waals surface area contributed by atoms with Crippen LogP contribution in [0.2, 0.25) is 0 Å². The third kappa shape index (κ3) is 51.2. The van der Waals surface area contributed by atoms with Gasteiger partial charge >= 0.3 is 0 Å². The molecular formula is C57H126N8O10. The molecule has 6 saturated heterocycles. The number of methoxy groups -OCH3 is 1. The van der Waals surface area contributed by atoms with Gasteiger partial charge in [0, 0.05) is 79.6 Å². The average molecular weight is 1080 g/mol. The lowest BCUT2D eigenvalue weighted by Crippen LogP contribution is -2.40. The molecule has 75 heavy (non-hydrogen) atoms. The van der Waals surface area contributed by atoms with Crippen molar-refractivity contribution in [2.45, 2.75) is 251 Å². The Morgan fingerprint density at radius 1 is 0.587 bits per heavy atom. The Kier molecular flexibility index (Phi) is 47.8. The second-order valence-electron chi connectivity index (χ2n) is 24.3. The Labute approximate surface area is 460 Å². The molecule has 0 aliphatic carbocycles. The fourth-order valence-corrected chi connectivity index (χ4v) is 8.75. The van der Waals surface area contributed by atoms with Crippen molar-refractivity contribution in [1.82, 2.24) is 41.7 Å². The minimum Gasteiger partial charge on any atom is -0.395 e. The maximum atomic E-state index is 9.25. The first-order chi connectivity index (χ1) is 35.2. The van der Waals surface area contributed by atoms with Crippen LogP contribution in [-0.2, 0) is 18.9 Å². The van der Waals surface area contributed by atoms with Gasteiger partial charge in [-0.25, -0.2) is 0 Å². The smallest absolute Gasteiger partial charge is 0.177 e. The highest BCUT2D eigenvalue weighted by Crippen LogP contribution is 2.33. The number of nitrogens with zero attached hydrogens (tertiary/aromatic N) is 2. The van der Waals surface area contributed by atoms with Crippen LogP contribution < -0.4 is 31.9 Å². The lowest BCUT2D eigenvalue weighted by Gasteiger charge is -2.30. The van der Waals surface area contributed by atoms with Crippen molar-refractivity contribution in [2.75, 3.05) is 120 Å². The first-order valence-electron chi connectivity index (χ1n) is 29.3. The number of rotatable bonds is 19. The first-order valence-corrected chi connectivity index (χ1v) is 29.3. The molecule has 6 heterocycles. The van der Waals surface area contributed by atoms with Crippen LogP contribution >= 0.6 is 0 Å². The van der Waals surface area contributed by atoms with Crippen LogP contribution in [0, 0.1) is 0 Å². The molecule has 6 rings (SSSR count). The molecule has 0 spiro atoms. The van der Waals surface area contributed by atoms with Crippen LogP contribution in [0.5, 0.6) is 0 Å². The lowest BCUT2D eigenvalue weighted by molar-refractivity contribution is -0.118. The molecule has 6 atom stereocenters. The first kappa shape index (κ1) is 76.3. The molecule has 0 amide bonds. The largest absolute Gasteiger partial charge is 0.395 e. The van der Waals surface area contributed by atoms with Crippen molar-refractivity contribution in [1.29, 1.82) is 0 Å². The number of nitrogens with one attached hydrogen (secondary N) is 6. The Bertz CT molecular complexity index is 1170. The van der Waals surface area contributed by atoms with Gasteiger partial charge in [0.1, 0.15) is 0 Å². The molecule has 6 unspecified atom stereocenters. The number of fused-ring (bicyclic) bond motifs is 4. The highest BCUT2D eigenvalue weighted by molar-refractivity contribution is 4.92. The summed E-state index contributed by atoms with van der Waals surface area (Å²) < 4.78 is 19.7. The van der Waals surface area contributed by atoms with Gasteiger partial charge in [-0.3, -0.25) is 4.90 Å². The zero-order valence-electron chi connectivity index (χ0n) is 51.1. The van der Waals surface area contributed by atoms with Gasteiger partial charge in [-0.1, -0.05) is 19.3 Å². The predicted octanol–water partition coefficient (Wildman–Crippen LogP) is 4.56. The summed E-state index contributed by atoms with van der Waals surface area (Å²) in [6, 6.07) is 4.00. The number of ether oxygens (including phenoxy) is 4. The molecule has 4 bridgehead atoms. The van der Waals surface area contributed by atoms with E-state index < -0.39 is 12.6 Å². The lowest BCUT2D eigenvalue weighted by atomic mass is 10.0. The Morgan fingerprint density at radius 3 is 1.35 bits per heavy atom. The van der Waals surface area contributed by atoms with E-state index >= 15 is 0 Å². The summed E-state index contributed by atoms with van der Waals surface area (Å²) in [5.41, 5.74) is 0.354. The van der Waals surface area contributed by atoms with E-state index in [1.54, 1.807) is 0 Å². The molecule has 6 fully saturated rings. The summed E-state index contributed by atoms with van der Waals surface area (Å²) in [6.45, 7) is 35.1. The zero-order chi connectivity index (χ0) is 57.1. The van der Waals surface area contributed by atoms with Crippen molar-refractivity contribution in [3.8, 4) is 0 Å². The van der Waals surface area contributed by atoms with Crippen LogP contribution in [0.4, 0.5) is 0 Å². The van der Waals surface area contributed by atoms with E-state index in [9.17, 15) is 5.11 Å². The quantitative estimate of drug-likeness (QED) is 0.0628. The Morgan fingerprint density at radius 2 is 1.00 bits per heavy atom. The van der Waals surface area contributed by atoms with Crippen LogP contribution in [-0.4, -0.2) is 232 Å². The van der Waals surface area contributed by atoms with Gasteiger partial charge < -0.3 is 86.4 Å². The summed E-state index contributed by atoms with van der Waals surface area (Å²) in [5, 5.41) is 71.9. The van der Waals surface area contributed by atoms with Gasteiger partial charge in [-0.15, -0.1) is 0 Å². The molecule has 12 N–H and O–H groups in total. The molecule has 18 nitrogen and oxygen atoms in total. The third-order valence-corrected chi connectivity index (χ3v) is 13.4. The maximum Gasteiger partial charge on any atom is 0.177 e. The van der Waals surface area contributed by atoms with Gasteiger partial charge in [-0.05, 0) is 200 Å². The summed E-state index contributed by atoms with van der Waals surface area (Å²) in [4.78, 5) is 4.73. The van der Waals surface area contributed by atoms with Crippen molar-refractivity contribution >= 4 is 0 Å². The van der Waals surface area contributed by atoms with E-state index in [1.165, 1.54) is 117 Å². The average Bonchev–Trinajstić information content (AvgIpc) is 3.98. The van der Waals surface area contributed by atoms with E-state index in [-0.39, 0.29) is 55.2 Å². The standard InChI is InChI=1S/C9H21NO3.C8H19NO3.C8H19NO2.C8H15N.C7H13NO.C7H17NO.C6H13N.C4H9N/c1-9(2,3)10-5-6-13-7-8(11)12-4;1-8(2,3)9-4-5-12-6-7(10)11;1-8(2,3)9-4-6-11-7-5-10;1-9-7-3-2-4-8(9)6-5-7;9-7-3-5-1-2-6(4-7)8-5;1-6(2)8(4)7(3)5-9;1-2-4-6-7-5-3-1;1-2-4-5-3-1/h8,10-11H,5-7H2,1-4H3;7,9-11H,4-6H2,1-3H3;9-10H,4-7H2,1-3H3;7-8H,2-6H2,1H3;5-9H,1-4H2;6-7,9H,5H2,1-4H3;7H,1-6H2;5H,1-4H2. The SMILES string of the molecule is C1CCCNCC1.C1CCNC1.CC(C)(C)NCCOCC(O)O.CC(C)(C)NCCOCCO.CC(C)N(C)C(C)CO.CN1C2CCCC1CC2.COC(O)COCCNC(C)(C)C.OC1CC2CCC(C1)N2. The second kappa shape index (κ2) is 47.0. The molecule has 18 heteroatoms. The highest BCUT2D eigenvalue weighted by Gasteiger charge is 2.33.